The lowest BCUT2D eigenvalue weighted by atomic mass is 9.87. The first-order valence-electron chi connectivity index (χ1n) is 6.95. The van der Waals surface area contributed by atoms with Crippen molar-refractivity contribution < 1.29 is 4.52 Å². The molecule has 0 spiro atoms. The van der Waals surface area contributed by atoms with Crippen molar-refractivity contribution in [2.75, 3.05) is 19.6 Å². The maximum Gasteiger partial charge on any atom is 0.213 e. The third-order valence-electron chi connectivity index (χ3n) is 4.19. The summed E-state index contributed by atoms with van der Waals surface area (Å²) < 4.78 is 4.76. The van der Waals surface area contributed by atoms with Gasteiger partial charge < -0.3 is 9.84 Å². The number of aromatic nitrogens is 2. The van der Waals surface area contributed by atoms with Gasteiger partial charge in [0.05, 0.1) is 0 Å². The molecule has 2 heterocycles. The van der Waals surface area contributed by atoms with E-state index >= 15 is 0 Å². The van der Waals surface area contributed by atoms with Gasteiger partial charge in [0.1, 0.15) is 0 Å². The summed E-state index contributed by atoms with van der Waals surface area (Å²) in [5.41, 5.74) is 0. The fourth-order valence-corrected chi connectivity index (χ4v) is 2.85. The van der Waals surface area contributed by atoms with Crippen LogP contribution in [0.1, 0.15) is 33.0 Å². The van der Waals surface area contributed by atoms with Gasteiger partial charge in [0.15, 0.2) is 5.82 Å². The van der Waals surface area contributed by atoms with E-state index < -0.39 is 0 Å². The van der Waals surface area contributed by atoms with Crippen molar-refractivity contribution in [3.63, 3.8) is 0 Å². The van der Waals surface area contributed by atoms with Crippen molar-refractivity contribution >= 4 is 0 Å². The number of hydrogen-bond acceptors (Lipinski definition) is 5. The molecule has 18 heavy (non-hydrogen) atoms. The maximum absolute atomic E-state index is 4.76. The fourth-order valence-electron chi connectivity index (χ4n) is 2.85. The molecule has 102 valence electrons. The van der Waals surface area contributed by atoms with Gasteiger partial charge in [-0.3, -0.25) is 4.90 Å². The number of nitrogens with zero attached hydrogens (tertiary/aromatic N) is 3. The number of likely N-dealkylation sites (tertiary alicyclic amines) is 1. The average molecular weight is 252 g/mol. The van der Waals surface area contributed by atoms with Crippen LogP contribution in [-0.4, -0.2) is 46.8 Å². The number of piperidine rings is 1. The Morgan fingerprint density at radius 3 is 3.00 bits per heavy atom. The van der Waals surface area contributed by atoms with E-state index in [0.717, 1.165) is 31.9 Å². The minimum atomic E-state index is 0.606. The summed E-state index contributed by atoms with van der Waals surface area (Å²) in [7, 11) is 0. The molecule has 1 N–H and O–H groups in total. The fraction of sp³-hybridized carbons (Fsp3) is 0.846. The zero-order chi connectivity index (χ0) is 13.0. The van der Waals surface area contributed by atoms with Crippen LogP contribution in [0.15, 0.2) is 10.9 Å². The molecule has 5 heteroatoms. The van der Waals surface area contributed by atoms with Crippen LogP contribution in [0.5, 0.6) is 0 Å². The van der Waals surface area contributed by atoms with Gasteiger partial charge in [-0.1, -0.05) is 19.0 Å². The van der Waals surface area contributed by atoms with Crippen LogP contribution in [0.25, 0.3) is 0 Å². The lowest BCUT2D eigenvalue weighted by molar-refractivity contribution is 0.0861. The molecule has 0 aliphatic carbocycles. The van der Waals surface area contributed by atoms with Crippen LogP contribution in [0.2, 0.25) is 0 Å². The van der Waals surface area contributed by atoms with Crippen molar-refractivity contribution in [3.8, 4) is 0 Å². The summed E-state index contributed by atoms with van der Waals surface area (Å²) in [6, 6.07) is 1.26. The molecule has 0 bridgehead atoms. The first-order valence-corrected chi connectivity index (χ1v) is 6.95. The first kappa shape index (κ1) is 13.5. The van der Waals surface area contributed by atoms with E-state index in [2.05, 4.69) is 41.1 Å². The van der Waals surface area contributed by atoms with Gasteiger partial charge in [0, 0.05) is 25.0 Å². The Labute approximate surface area is 109 Å². The van der Waals surface area contributed by atoms with E-state index in [1.165, 1.54) is 12.8 Å². The highest BCUT2D eigenvalue weighted by atomic mass is 16.5. The monoisotopic (exact) mass is 252 g/mol. The molecule has 1 aliphatic heterocycles. The van der Waals surface area contributed by atoms with Gasteiger partial charge in [-0.25, -0.2) is 0 Å². The van der Waals surface area contributed by atoms with E-state index in [1.54, 1.807) is 0 Å². The van der Waals surface area contributed by atoms with E-state index in [-0.39, 0.29) is 0 Å². The molecule has 0 aromatic carbocycles. The van der Waals surface area contributed by atoms with Gasteiger partial charge in [0.25, 0.3) is 0 Å². The van der Waals surface area contributed by atoms with Gasteiger partial charge >= 0.3 is 0 Å². The van der Waals surface area contributed by atoms with Crippen LogP contribution >= 0.6 is 0 Å². The molecule has 3 unspecified atom stereocenters. The summed E-state index contributed by atoms with van der Waals surface area (Å²) in [4.78, 5) is 6.61. The molecular formula is C13H24N4O. The molecule has 3 atom stereocenters. The Hall–Kier alpha value is -0.940. The third-order valence-corrected chi connectivity index (χ3v) is 4.19. The molecule has 5 nitrogen and oxygen atoms in total. The smallest absolute Gasteiger partial charge is 0.213 e. The molecule has 1 fully saturated rings. The minimum Gasteiger partial charge on any atom is -0.343 e. The van der Waals surface area contributed by atoms with Crippen molar-refractivity contribution in [2.24, 2.45) is 5.92 Å². The molecular weight excluding hydrogens is 228 g/mol. The predicted molar refractivity (Wildman–Crippen MR) is 70.3 cm³/mol. The van der Waals surface area contributed by atoms with Crippen LogP contribution in [0.3, 0.4) is 0 Å². The van der Waals surface area contributed by atoms with Gasteiger partial charge in [-0.05, 0) is 32.4 Å². The summed E-state index contributed by atoms with van der Waals surface area (Å²) in [6.07, 6.45) is 3.50. The van der Waals surface area contributed by atoms with E-state index in [4.69, 9.17) is 4.52 Å². The van der Waals surface area contributed by atoms with Gasteiger partial charge in [-0.15, -0.1) is 0 Å². The summed E-state index contributed by atoms with van der Waals surface area (Å²) >= 11 is 0. The number of nitrogens with one attached hydrogen (secondary N) is 1. The Balaban J connectivity index is 1.84. The minimum absolute atomic E-state index is 0.606. The topological polar surface area (TPSA) is 54.2 Å². The maximum atomic E-state index is 4.76. The molecule has 0 radical (unpaired) electrons. The van der Waals surface area contributed by atoms with Crippen LogP contribution < -0.4 is 5.32 Å². The standard InChI is InChI=1S/C13H24N4O/c1-4-14-12-5-7-17(11(3)10(12)2)8-6-13-15-9-18-16-13/h9-12,14H,4-8H2,1-3H3. The number of hydrogen-bond donors (Lipinski definition) is 1. The quantitative estimate of drug-likeness (QED) is 0.856. The molecule has 0 amide bonds. The highest BCUT2D eigenvalue weighted by Gasteiger charge is 2.31. The van der Waals surface area contributed by atoms with Crippen LogP contribution in [0, 0.1) is 5.92 Å². The summed E-state index contributed by atoms with van der Waals surface area (Å²) in [5, 5.41) is 7.45. The van der Waals surface area contributed by atoms with Crippen LogP contribution in [0.4, 0.5) is 0 Å². The zero-order valence-electron chi connectivity index (χ0n) is 11.6. The van der Waals surface area contributed by atoms with E-state index in [9.17, 15) is 0 Å². The second kappa shape index (κ2) is 6.29. The Morgan fingerprint density at radius 1 is 1.50 bits per heavy atom. The molecule has 1 aromatic heterocycles. The molecule has 1 saturated heterocycles. The second-order valence-corrected chi connectivity index (χ2v) is 5.19. The largest absolute Gasteiger partial charge is 0.343 e. The lowest BCUT2D eigenvalue weighted by Crippen LogP contribution is -2.53. The third kappa shape index (κ3) is 3.09. The summed E-state index contributed by atoms with van der Waals surface area (Å²) in [6.45, 7) is 10.1. The zero-order valence-corrected chi connectivity index (χ0v) is 11.6. The first-order chi connectivity index (χ1) is 8.72. The van der Waals surface area contributed by atoms with Gasteiger partial charge in [0.2, 0.25) is 6.39 Å². The van der Waals surface area contributed by atoms with E-state index in [1.807, 2.05) is 0 Å². The molecule has 1 aromatic rings. The molecule has 2 rings (SSSR count). The average Bonchev–Trinajstić information content (AvgIpc) is 2.87. The van der Waals surface area contributed by atoms with Crippen molar-refractivity contribution in [1.82, 2.24) is 20.4 Å². The number of rotatable bonds is 5. The van der Waals surface area contributed by atoms with Crippen molar-refractivity contribution in [2.45, 2.75) is 45.7 Å². The summed E-state index contributed by atoms with van der Waals surface area (Å²) in [5.74, 6) is 1.49. The Kier molecular flexibility index (Phi) is 4.72. The van der Waals surface area contributed by atoms with Gasteiger partial charge in [-0.2, -0.15) is 4.98 Å². The highest BCUT2D eigenvalue weighted by molar-refractivity contribution is 4.90. The van der Waals surface area contributed by atoms with E-state index in [0.29, 0.717) is 18.0 Å². The highest BCUT2D eigenvalue weighted by Crippen LogP contribution is 2.23. The Morgan fingerprint density at radius 2 is 2.33 bits per heavy atom. The molecule has 0 saturated carbocycles. The van der Waals surface area contributed by atoms with Crippen molar-refractivity contribution in [1.29, 1.82) is 0 Å². The second-order valence-electron chi connectivity index (χ2n) is 5.19. The van der Waals surface area contributed by atoms with Crippen LogP contribution in [-0.2, 0) is 6.42 Å². The SMILES string of the molecule is CCNC1CCN(CCc2ncon2)C(C)C1C. The Bertz CT molecular complexity index is 341. The molecule has 1 aliphatic rings. The normalized spacial score (nSPS) is 29.6. The van der Waals surface area contributed by atoms with Crippen molar-refractivity contribution in [3.05, 3.63) is 12.2 Å². The lowest BCUT2D eigenvalue weighted by Gasteiger charge is -2.43. The predicted octanol–water partition coefficient (Wildman–Crippen LogP) is 1.32.